The van der Waals surface area contributed by atoms with Crippen molar-refractivity contribution < 1.29 is 9.84 Å². The zero-order chi connectivity index (χ0) is 13.1. The Bertz CT molecular complexity index is 392. The van der Waals surface area contributed by atoms with Crippen LogP contribution < -0.4 is 0 Å². The molecule has 2 atom stereocenters. The van der Waals surface area contributed by atoms with Gasteiger partial charge in [0.2, 0.25) is 0 Å². The van der Waals surface area contributed by atoms with Crippen molar-refractivity contribution in [2.24, 2.45) is 7.05 Å². The fourth-order valence-electron chi connectivity index (χ4n) is 2.44. The number of morpholine rings is 1. The lowest BCUT2D eigenvalue weighted by molar-refractivity contribution is -0.0806. The van der Waals surface area contributed by atoms with E-state index in [9.17, 15) is 5.11 Å². The summed E-state index contributed by atoms with van der Waals surface area (Å²) in [6.45, 7) is 6.75. The number of rotatable bonds is 4. The van der Waals surface area contributed by atoms with E-state index in [4.69, 9.17) is 4.74 Å². The lowest BCUT2D eigenvalue weighted by Gasteiger charge is -2.37. The molecule has 2 heterocycles. The maximum Gasteiger partial charge on any atom is 0.0933 e. The molecule has 0 saturated carbocycles. The molecule has 1 N–H and O–H groups in total. The summed E-state index contributed by atoms with van der Waals surface area (Å²) in [6.07, 6.45) is 3.00. The van der Waals surface area contributed by atoms with E-state index in [-0.39, 0.29) is 12.7 Å². The number of ether oxygens (including phenoxy) is 1. The third-order valence-electron chi connectivity index (χ3n) is 3.54. The minimum absolute atomic E-state index is 0.0528. The van der Waals surface area contributed by atoms with Gasteiger partial charge in [-0.25, -0.2) is 0 Å². The van der Waals surface area contributed by atoms with Crippen molar-refractivity contribution in [3.63, 3.8) is 0 Å². The van der Waals surface area contributed by atoms with E-state index < -0.39 is 0 Å². The van der Waals surface area contributed by atoms with Crippen LogP contribution in [0.5, 0.6) is 0 Å². The maximum absolute atomic E-state index is 9.20. The monoisotopic (exact) mass is 253 g/mol. The Morgan fingerprint density at radius 2 is 2.33 bits per heavy atom. The number of nitrogens with zero attached hydrogens (tertiary/aromatic N) is 3. The van der Waals surface area contributed by atoms with Gasteiger partial charge in [0, 0.05) is 37.9 Å². The van der Waals surface area contributed by atoms with Gasteiger partial charge in [0.1, 0.15) is 0 Å². The van der Waals surface area contributed by atoms with Gasteiger partial charge in [0.05, 0.1) is 25.0 Å². The number of aliphatic hydroxyl groups excluding tert-OH is 1. The summed E-state index contributed by atoms with van der Waals surface area (Å²) in [5.74, 6) is 0. The summed E-state index contributed by atoms with van der Waals surface area (Å²) in [6, 6.07) is 0.387. The minimum atomic E-state index is -0.0528. The second-order valence-electron chi connectivity index (χ2n) is 5.04. The molecule has 18 heavy (non-hydrogen) atoms. The average Bonchev–Trinajstić information content (AvgIpc) is 2.72. The van der Waals surface area contributed by atoms with E-state index in [0.717, 1.165) is 25.2 Å². The van der Waals surface area contributed by atoms with Crippen molar-refractivity contribution in [3.05, 3.63) is 17.5 Å². The molecule has 5 heteroatoms. The quantitative estimate of drug-likeness (QED) is 0.852. The molecule has 1 aliphatic rings. The zero-order valence-electron chi connectivity index (χ0n) is 11.5. The van der Waals surface area contributed by atoms with Gasteiger partial charge in [-0.05, 0) is 13.3 Å². The average molecular weight is 253 g/mol. The first-order chi connectivity index (χ1) is 8.63. The molecule has 2 rings (SSSR count). The Kier molecular flexibility index (Phi) is 4.37. The zero-order valence-corrected chi connectivity index (χ0v) is 11.5. The summed E-state index contributed by atoms with van der Waals surface area (Å²) in [5.41, 5.74) is 2.45. The van der Waals surface area contributed by atoms with E-state index in [0.29, 0.717) is 12.6 Å². The van der Waals surface area contributed by atoms with Gasteiger partial charge in [-0.15, -0.1) is 0 Å². The summed E-state index contributed by atoms with van der Waals surface area (Å²) < 4.78 is 7.43. The predicted molar refractivity (Wildman–Crippen MR) is 69.3 cm³/mol. The molecule has 0 aliphatic carbocycles. The van der Waals surface area contributed by atoms with Gasteiger partial charge in [-0.2, -0.15) is 5.10 Å². The van der Waals surface area contributed by atoms with E-state index in [1.54, 1.807) is 0 Å². The second kappa shape index (κ2) is 5.82. The molecule has 102 valence electrons. The van der Waals surface area contributed by atoms with Crippen LogP contribution in [0.25, 0.3) is 0 Å². The van der Waals surface area contributed by atoms with E-state index in [1.807, 2.05) is 11.7 Å². The summed E-state index contributed by atoms with van der Waals surface area (Å²) in [4.78, 5) is 2.36. The molecule has 1 aromatic heterocycles. The van der Waals surface area contributed by atoms with E-state index in [1.165, 1.54) is 5.56 Å². The van der Waals surface area contributed by atoms with E-state index >= 15 is 0 Å². The van der Waals surface area contributed by atoms with Crippen LogP contribution >= 0.6 is 0 Å². The first-order valence-corrected chi connectivity index (χ1v) is 6.62. The molecule has 0 radical (unpaired) electrons. The van der Waals surface area contributed by atoms with Crippen molar-refractivity contribution >= 4 is 0 Å². The van der Waals surface area contributed by atoms with Crippen molar-refractivity contribution in [1.82, 2.24) is 14.7 Å². The Balaban J connectivity index is 2.06. The molecule has 0 aromatic carbocycles. The molecular formula is C13H23N3O2. The SMILES string of the molecule is CCc1nn(C)cc1CN1CC(CO)OCC1C. The van der Waals surface area contributed by atoms with Crippen LogP contribution in [0, 0.1) is 0 Å². The molecule has 1 fully saturated rings. The van der Waals surface area contributed by atoms with Crippen LogP contribution in [-0.2, 0) is 24.8 Å². The minimum Gasteiger partial charge on any atom is -0.394 e. The van der Waals surface area contributed by atoms with Crippen LogP contribution in [0.15, 0.2) is 6.20 Å². The standard InChI is InChI=1S/C13H23N3O2/c1-4-13-11(5-15(3)14-13)6-16-7-12(8-17)18-9-10(16)2/h5,10,12,17H,4,6-9H2,1-3H3. The van der Waals surface area contributed by atoms with Crippen molar-refractivity contribution in [2.45, 2.75) is 39.0 Å². The Morgan fingerprint density at radius 1 is 1.56 bits per heavy atom. The van der Waals surface area contributed by atoms with Gasteiger partial charge in [0.25, 0.3) is 0 Å². The lowest BCUT2D eigenvalue weighted by atomic mass is 10.1. The normalized spacial score (nSPS) is 25.6. The van der Waals surface area contributed by atoms with Gasteiger partial charge < -0.3 is 9.84 Å². The molecular weight excluding hydrogens is 230 g/mol. The van der Waals surface area contributed by atoms with Gasteiger partial charge in [-0.3, -0.25) is 9.58 Å². The van der Waals surface area contributed by atoms with Crippen molar-refractivity contribution in [1.29, 1.82) is 0 Å². The van der Waals surface area contributed by atoms with Crippen LogP contribution in [0.4, 0.5) is 0 Å². The van der Waals surface area contributed by atoms with Gasteiger partial charge in [-0.1, -0.05) is 6.92 Å². The molecule has 0 bridgehead atoms. The Labute approximate surface area is 108 Å². The molecule has 5 nitrogen and oxygen atoms in total. The molecule has 1 saturated heterocycles. The molecule has 2 unspecified atom stereocenters. The smallest absolute Gasteiger partial charge is 0.0933 e. The first-order valence-electron chi connectivity index (χ1n) is 6.62. The third kappa shape index (κ3) is 2.91. The highest BCUT2D eigenvalue weighted by atomic mass is 16.5. The topological polar surface area (TPSA) is 50.5 Å². The third-order valence-corrected chi connectivity index (χ3v) is 3.54. The fourth-order valence-corrected chi connectivity index (χ4v) is 2.44. The Hall–Kier alpha value is -0.910. The summed E-state index contributed by atoms with van der Waals surface area (Å²) in [5, 5.41) is 13.7. The highest BCUT2D eigenvalue weighted by Gasteiger charge is 2.26. The summed E-state index contributed by atoms with van der Waals surface area (Å²) in [7, 11) is 1.96. The largest absolute Gasteiger partial charge is 0.394 e. The number of aliphatic hydroxyl groups is 1. The second-order valence-corrected chi connectivity index (χ2v) is 5.04. The number of aryl methyl sites for hydroxylation is 2. The highest BCUT2D eigenvalue weighted by molar-refractivity contribution is 5.17. The summed E-state index contributed by atoms with van der Waals surface area (Å²) >= 11 is 0. The Morgan fingerprint density at radius 3 is 3.00 bits per heavy atom. The maximum atomic E-state index is 9.20. The fraction of sp³-hybridized carbons (Fsp3) is 0.769. The van der Waals surface area contributed by atoms with Crippen molar-refractivity contribution in [2.75, 3.05) is 19.8 Å². The molecule has 0 amide bonds. The predicted octanol–water partition coefficient (Wildman–Crippen LogP) is 0.564. The molecule has 0 spiro atoms. The van der Waals surface area contributed by atoms with Crippen molar-refractivity contribution in [3.8, 4) is 0 Å². The van der Waals surface area contributed by atoms with Crippen LogP contribution in [0.1, 0.15) is 25.1 Å². The molecule has 1 aliphatic heterocycles. The van der Waals surface area contributed by atoms with Gasteiger partial charge in [0.15, 0.2) is 0 Å². The number of hydrogen-bond donors (Lipinski definition) is 1. The molecule has 1 aromatic rings. The van der Waals surface area contributed by atoms with Crippen LogP contribution in [0.2, 0.25) is 0 Å². The van der Waals surface area contributed by atoms with Crippen LogP contribution in [0.3, 0.4) is 0 Å². The number of hydrogen-bond acceptors (Lipinski definition) is 4. The first kappa shape index (κ1) is 13.5. The lowest BCUT2D eigenvalue weighted by Crippen LogP contribution is -2.48. The van der Waals surface area contributed by atoms with Gasteiger partial charge >= 0.3 is 0 Å². The highest BCUT2D eigenvalue weighted by Crippen LogP contribution is 2.17. The van der Waals surface area contributed by atoms with Crippen LogP contribution in [-0.4, -0.2) is 51.7 Å². The van der Waals surface area contributed by atoms with E-state index in [2.05, 4.69) is 30.0 Å². The number of aromatic nitrogens is 2.